The number of carbonyl (C=O) groups is 2. The van der Waals surface area contributed by atoms with Gasteiger partial charge in [-0.2, -0.15) is 0 Å². The molecular weight excluding hydrogens is 380 g/mol. The van der Waals surface area contributed by atoms with Crippen LogP contribution in [-0.2, 0) is 0 Å². The zero-order valence-corrected chi connectivity index (χ0v) is 18.1. The summed E-state index contributed by atoms with van der Waals surface area (Å²) in [6.07, 6.45) is 4.26. The molecule has 0 bridgehead atoms. The van der Waals surface area contributed by atoms with Gasteiger partial charge in [0.1, 0.15) is 11.5 Å². The van der Waals surface area contributed by atoms with Gasteiger partial charge in [0, 0.05) is 11.1 Å². The number of amides is 2. The molecule has 0 aliphatic heterocycles. The topological polar surface area (TPSA) is 76.7 Å². The molecule has 0 aliphatic carbocycles. The van der Waals surface area contributed by atoms with Crippen molar-refractivity contribution in [3.63, 3.8) is 0 Å². The molecule has 2 N–H and O–H groups in total. The molecule has 0 aromatic heterocycles. The lowest BCUT2D eigenvalue weighted by Gasteiger charge is -2.10. The van der Waals surface area contributed by atoms with Gasteiger partial charge in [-0.3, -0.25) is 20.4 Å². The number of hydrogen-bond acceptors (Lipinski definition) is 4. The lowest BCUT2D eigenvalue weighted by atomic mass is 10.1. The van der Waals surface area contributed by atoms with Crippen LogP contribution in [0.3, 0.4) is 0 Å². The van der Waals surface area contributed by atoms with Crippen LogP contribution in [0.5, 0.6) is 11.5 Å². The highest BCUT2D eigenvalue weighted by Gasteiger charge is 2.10. The Hall–Kier alpha value is -3.02. The summed E-state index contributed by atoms with van der Waals surface area (Å²) < 4.78 is 11.3. The number of nitrogens with one attached hydrogen (secondary N) is 2. The molecule has 162 valence electrons. The Balaban J connectivity index is 1.77. The molecule has 2 rings (SSSR count). The first-order valence-electron chi connectivity index (χ1n) is 10.6. The van der Waals surface area contributed by atoms with E-state index in [1.54, 1.807) is 48.5 Å². The van der Waals surface area contributed by atoms with Crippen molar-refractivity contribution in [2.45, 2.75) is 46.5 Å². The van der Waals surface area contributed by atoms with E-state index in [0.29, 0.717) is 36.0 Å². The standard InChI is InChI=1S/C24H32N2O4/c1-4-5-6-16-29-21-11-7-19(8-12-21)23(27)25-26-24(28)20-9-13-22(14-10-20)30-17-15-18(2)3/h7-14,18H,4-6,15-17H2,1-3H3,(H,25,27)(H,26,28). The number of ether oxygens (including phenoxy) is 2. The van der Waals surface area contributed by atoms with Crippen LogP contribution in [0.15, 0.2) is 48.5 Å². The molecule has 6 heteroatoms. The lowest BCUT2D eigenvalue weighted by molar-refractivity contribution is 0.0846. The third-order valence-corrected chi connectivity index (χ3v) is 4.50. The second-order valence-corrected chi connectivity index (χ2v) is 7.54. The first-order valence-corrected chi connectivity index (χ1v) is 10.6. The average molecular weight is 413 g/mol. The second-order valence-electron chi connectivity index (χ2n) is 7.54. The Morgan fingerprint density at radius 2 is 1.23 bits per heavy atom. The fourth-order valence-corrected chi connectivity index (χ4v) is 2.62. The number of hydrazine groups is 1. The zero-order chi connectivity index (χ0) is 21.8. The minimum Gasteiger partial charge on any atom is -0.494 e. The number of hydrogen-bond donors (Lipinski definition) is 2. The minimum atomic E-state index is -0.395. The predicted molar refractivity (Wildman–Crippen MR) is 118 cm³/mol. The van der Waals surface area contributed by atoms with Gasteiger partial charge in [0.05, 0.1) is 13.2 Å². The number of rotatable bonds is 11. The smallest absolute Gasteiger partial charge is 0.269 e. The molecule has 0 saturated heterocycles. The van der Waals surface area contributed by atoms with Crippen molar-refractivity contribution in [1.82, 2.24) is 10.9 Å². The van der Waals surface area contributed by atoms with Gasteiger partial charge in [0.2, 0.25) is 0 Å². The largest absolute Gasteiger partial charge is 0.494 e. The zero-order valence-electron chi connectivity index (χ0n) is 18.1. The molecule has 0 atom stereocenters. The minimum absolute atomic E-state index is 0.394. The number of benzene rings is 2. The summed E-state index contributed by atoms with van der Waals surface area (Å²) in [5, 5.41) is 0. The molecule has 0 radical (unpaired) electrons. The van der Waals surface area contributed by atoms with E-state index in [1.807, 2.05) is 0 Å². The third kappa shape index (κ3) is 8.15. The molecule has 0 aliphatic rings. The molecule has 0 saturated carbocycles. The quantitative estimate of drug-likeness (QED) is 0.412. The van der Waals surface area contributed by atoms with Crippen molar-refractivity contribution in [1.29, 1.82) is 0 Å². The van der Waals surface area contributed by atoms with Crippen molar-refractivity contribution in [3.05, 3.63) is 59.7 Å². The molecule has 0 spiro atoms. The van der Waals surface area contributed by atoms with E-state index >= 15 is 0 Å². The Morgan fingerprint density at radius 3 is 1.67 bits per heavy atom. The fourth-order valence-electron chi connectivity index (χ4n) is 2.62. The van der Waals surface area contributed by atoms with Crippen LogP contribution in [0.4, 0.5) is 0 Å². The molecular formula is C24H32N2O4. The monoisotopic (exact) mass is 412 g/mol. The summed E-state index contributed by atoms with van der Waals surface area (Å²) in [5.74, 6) is 1.23. The Kier molecular flexibility index (Phi) is 9.71. The highest BCUT2D eigenvalue weighted by molar-refractivity contribution is 5.99. The van der Waals surface area contributed by atoms with E-state index in [2.05, 4.69) is 31.6 Å². The van der Waals surface area contributed by atoms with E-state index in [4.69, 9.17) is 9.47 Å². The fraction of sp³-hybridized carbons (Fsp3) is 0.417. The van der Waals surface area contributed by atoms with Crippen molar-refractivity contribution in [3.8, 4) is 11.5 Å². The Morgan fingerprint density at radius 1 is 0.767 bits per heavy atom. The van der Waals surface area contributed by atoms with Crippen molar-refractivity contribution in [2.75, 3.05) is 13.2 Å². The molecule has 2 amide bonds. The van der Waals surface area contributed by atoms with Gasteiger partial charge in [0.25, 0.3) is 11.8 Å². The molecule has 2 aromatic rings. The van der Waals surface area contributed by atoms with Crippen LogP contribution < -0.4 is 20.3 Å². The third-order valence-electron chi connectivity index (χ3n) is 4.50. The maximum atomic E-state index is 12.2. The first kappa shape index (κ1) is 23.3. The van der Waals surface area contributed by atoms with Gasteiger partial charge in [-0.25, -0.2) is 0 Å². The van der Waals surface area contributed by atoms with Crippen LogP contribution in [0.1, 0.15) is 67.2 Å². The van der Waals surface area contributed by atoms with Crippen LogP contribution in [0.2, 0.25) is 0 Å². The summed E-state index contributed by atoms with van der Waals surface area (Å²) in [5.41, 5.74) is 5.72. The SMILES string of the molecule is CCCCCOc1ccc(C(=O)NNC(=O)c2ccc(OCCC(C)C)cc2)cc1. The van der Waals surface area contributed by atoms with Gasteiger partial charge in [-0.05, 0) is 67.3 Å². The van der Waals surface area contributed by atoms with Crippen LogP contribution >= 0.6 is 0 Å². The Labute approximate surface area is 178 Å². The molecule has 30 heavy (non-hydrogen) atoms. The molecule has 2 aromatic carbocycles. The summed E-state index contributed by atoms with van der Waals surface area (Å²) in [4.78, 5) is 24.5. The van der Waals surface area contributed by atoms with E-state index < -0.39 is 11.8 Å². The van der Waals surface area contributed by atoms with E-state index in [9.17, 15) is 9.59 Å². The molecule has 0 unspecified atom stereocenters. The number of unbranched alkanes of at least 4 members (excludes halogenated alkanes) is 2. The highest BCUT2D eigenvalue weighted by atomic mass is 16.5. The Bertz CT molecular complexity index is 786. The summed E-state index contributed by atoms with van der Waals surface area (Å²) in [6.45, 7) is 7.73. The molecule has 6 nitrogen and oxygen atoms in total. The van der Waals surface area contributed by atoms with Crippen molar-refractivity contribution in [2.24, 2.45) is 5.92 Å². The summed E-state index contributed by atoms with van der Waals surface area (Å²) >= 11 is 0. The van der Waals surface area contributed by atoms with Crippen LogP contribution in [0, 0.1) is 5.92 Å². The van der Waals surface area contributed by atoms with E-state index in [1.165, 1.54) is 0 Å². The lowest BCUT2D eigenvalue weighted by Crippen LogP contribution is -2.41. The number of carbonyl (C=O) groups excluding carboxylic acids is 2. The normalized spacial score (nSPS) is 10.5. The molecule has 0 fully saturated rings. The maximum absolute atomic E-state index is 12.2. The first-order chi connectivity index (χ1) is 14.5. The average Bonchev–Trinajstić information content (AvgIpc) is 2.75. The van der Waals surface area contributed by atoms with Crippen molar-refractivity contribution < 1.29 is 19.1 Å². The van der Waals surface area contributed by atoms with Crippen molar-refractivity contribution >= 4 is 11.8 Å². The summed E-state index contributed by atoms with van der Waals surface area (Å²) in [7, 11) is 0. The van der Waals surface area contributed by atoms with Gasteiger partial charge in [-0.15, -0.1) is 0 Å². The maximum Gasteiger partial charge on any atom is 0.269 e. The van der Waals surface area contributed by atoms with Gasteiger partial charge < -0.3 is 9.47 Å². The van der Waals surface area contributed by atoms with Gasteiger partial charge >= 0.3 is 0 Å². The van der Waals surface area contributed by atoms with Crippen LogP contribution in [-0.4, -0.2) is 25.0 Å². The second kappa shape index (κ2) is 12.5. The van der Waals surface area contributed by atoms with E-state index in [0.717, 1.165) is 31.4 Å². The summed E-state index contributed by atoms with van der Waals surface area (Å²) in [6, 6.07) is 13.7. The highest BCUT2D eigenvalue weighted by Crippen LogP contribution is 2.14. The van der Waals surface area contributed by atoms with E-state index in [-0.39, 0.29) is 0 Å². The van der Waals surface area contributed by atoms with Gasteiger partial charge in [-0.1, -0.05) is 33.6 Å². The van der Waals surface area contributed by atoms with Crippen LogP contribution in [0.25, 0.3) is 0 Å². The molecule has 0 heterocycles. The predicted octanol–water partition coefficient (Wildman–Crippen LogP) is 4.76. The van der Waals surface area contributed by atoms with Gasteiger partial charge in [0.15, 0.2) is 0 Å².